The zero-order valence-electron chi connectivity index (χ0n) is 17.7. The first-order chi connectivity index (χ1) is 15.1. The molecule has 0 radical (unpaired) electrons. The van der Waals surface area contributed by atoms with Crippen LogP contribution in [0.1, 0.15) is 18.4 Å². The number of ether oxygens (including phenoxy) is 1. The lowest BCUT2D eigenvalue weighted by molar-refractivity contribution is -0.133. The molecule has 0 aliphatic carbocycles. The lowest BCUT2D eigenvalue weighted by Gasteiger charge is -2.32. The van der Waals surface area contributed by atoms with E-state index in [-0.39, 0.29) is 18.0 Å². The van der Waals surface area contributed by atoms with Gasteiger partial charge in [0.25, 0.3) is 5.56 Å². The molecule has 1 aliphatic heterocycles. The molecule has 1 fully saturated rings. The zero-order chi connectivity index (χ0) is 21.6. The Morgan fingerprint density at radius 2 is 1.77 bits per heavy atom. The second kappa shape index (κ2) is 9.60. The van der Waals surface area contributed by atoms with Gasteiger partial charge in [0, 0.05) is 24.7 Å². The van der Waals surface area contributed by atoms with E-state index in [4.69, 9.17) is 4.74 Å². The largest absolute Gasteiger partial charge is 0.497 e. The number of carbonyl (C=O) groups excluding carboxylic acids is 1. The maximum Gasteiger partial charge on any atom is 0.254 e. The highest BCUT2D eigenvalue weighted by atomic mass is 16.5. The molecule has 4 rings (SSSR count). The van der Waals surface area contributed by atoms with Crippen LogP contribution in [0, 0.1) is 5.92 Å². The Labute approximate surface area is 182 Å². The van der Waals surface area contributed by atoms with Crippen LogP contribution in [-0.4, -0.2) is 40.6 Å². The molecule has 0 bridgehead atoms. The quantitative estimate of drug-likeness (QED) is 0.617. The summed E-state index contributed by atoms with van der Waals surface area (Å²) in [6.45, 7) is 1.50. The first-order valence-electron chi connectivity index (χ1n) is 10.6. The molecule has 1 aliphatic rings. The molecule has 6 nitrogen and oxygen atoms in total. The van der Waals surface area contributed by atoms with E-state index in [9.17, 15) is 9.59 Å². The van der Waals surface area contributed by atoms with Gasteiger partial charge in [-0.1, -0.05) is 30.3 Å². The molecule has 1 saturated heterocycles. The lowest BCUT2D eigenvalue weighted by atomic mass is 9.90. The van der Waals surface area contributed by atoms with Crippen molar-refractivity contribution in [3.63, 3.8) is 0 Å². The smallest absolute Gasteiger partial charge is 0.254 e. The third-order valence-electron chi connectivity index (χ3n) is 5.91. The van der Waals surface area contributed by atoms with E-state index in [2.05, 4.69) is 29.2 Å². The Kier molecular flexibility index (Phi) is 6.46. The molecular weight excluding hydrogens is 390 g/mol. The predicted octanol–water partition coefficient (Wildman–Crippen LogP) is 3.40. The van der Waals surface area contributed by atoms with Gasteiger partial charge in [0.05, 0.1) is 19.1 Å². The van der Waals surface area contributed by atoms with Gasteiger partial charge in [-0.2, -0.15) is 0 Å². The van der Waals surface area contributed by atoms with Crippen molar-refractivity contribution in [3.8, 4) is 17.0 Å². The van der Waals surface area contributed by atoms with Gasteiger partial charge in [-0.15, -0.1) is 0 Å². The van der Waals surface area contributed by atoms with Crippen molar-refractivity contribution in [2.45, 2.75) is 25.8 Å². The molecule has 0 saturated carbocycles. The number of nitrogens with zero attached hydrogens (tertiary/aromatic N) is 3. The molecule has 6 heteroatoms. The van der Waals surface area contributed by atoms with Gasteiger partial charge in [0.1, 0.15) is 12.3 Å². The number of amides is 1. The Hall–Kier alpha value is -3.41. The van der Waals surface area contributed by atoms with E-state index in [0.29, 0.717) is 11.6 Å². The third-order valence-corrected chi connectivity index (χ3v) is 5.91. The molecule has 0 spiro atoms. The van der Waals surface area contributed by atoms with Crippen LogP contribution in [0.25, 0.3) is 11.3 Å². The summed E-state index contributed by atoms with van der Waals surface area (Å²) in [5.41, 5.74) is 2.53. The number of aromatic nitrogens is 2. The Morgan fingerprint density at radius 1 is 1.06 bits per heavy atom. The molecule has 0 N–H and O–H groups in total. The molecule has 0 atom stereocenters. The maximum atomic E-state index is 12.7. The standard InChI is InChI=1S/C25H27N3O3/c1-31-22-9-7-21(8-10-22)23-16-24(29)28(18-26-23)17-25(30)27-13-11-20(12-14-27)15-19-5-3-2-4-6-19/h2-10,16,18,20H,11-15,17H2,1H3. The molecule has 160 valence electrons. The fourth-order valence-electron chi connectivity index (χ4n) is 4.04. The summed E-state index contributed by atoms with van der Waals surface area (Å²) in [4.78, 5) is 31.5. The average molecular weight is 418 g/mol. The van der Waals surface area contributed by atoms with Crippen molar-refractivity contribution in [1.29, 1.82) is 0 Å². The van der Waals surface area contributed by atoms with Crippen LogP contribution in [0.15, 0.2) is 71.8 Å². The zero-order valence-corrected chi connectivity index (χ0v) is 17.7. The molecule has 1 aromatic heterocycles. The number of methoxy groups -OCH3 is 1. The van der Waals surface area contributed by atoms with E-state index in [1.54, 1.807) is 7.11 Å². The van der Waals surface area contributed by atoms with Gasteiger partial charge in [-0.3, -0.25) is 14.2 Å². The molecule has 2 heterocycles. The van der Waals surface area contributed by atoms with Crippen LogP contribution in [-0.2, 0) is 17.8 Å². The van der Waals surface area contributed by atoms with Crippen LogP contribution >= 0.6 is 0 Å². The van der Waals surface area contributed by atoms with Gasteiger partial charge in [-0.25, -0.2) is 4.98 Å². The van der Waals surface area contributed by atoms with Crippen molar-refractivity contribution in [2.24, 2.45) is 5.92 Å². The summed E-state index contributed by atoms with van der Waals surface area (Å²) in [5.74, 6) is 1.31. The molecule has 2 aromatic carbocycles. The Balaban J connectivity index is 1.34. The van der Waals surface area contributed by atoms with Crippen molar-refractivity contribution < 1.29 is 9.53 Å². The minimum Gasteiger partial charge on any atom is -0.497 e. The van der Waals surface area contributed by atoms with Gasteiger partial charge in [0.15, 0.2) is 0 Å². The second-order valence-electron chi connectivity index (χ2n) is 7.98. The van der Waals surface area contributed by atoms with Gasteiger partial charge in [-0.05, 0) is 55.0 Å². The normalized spacial score (nSPS) is 14.4. The third kappa shape index (κ3) is 5.20. The van der Waals surface area contributed by atoms with Crippen LogP contribution in [0.2, 0.25) is 0 Å². The number of hydrogen-bond acceptors (Lipinski definition) is 4. The summed E-state index contributed by atoms with van der Waals surface area (Å²) >= 11 is 0. The Bertz CT molecular complexity index is 1070. The van der Waals surface area contributed by atoms with E-state index < -0.39 is 0 Å². The molecular formula is C25H27N3O3. The Morgan fingerprint density at radius 3 is 2.42 bits per heavy atom. The second-order valence-corrected chi connectivity index (χ2v) is 7.98. The number of rotatable bonds is 6. The number of likely N-dealkylation sites (tertiary alicyclic amines) is 1. The van der Waals surface area contributed by atoms with E-state index in [1.165, 1.54) is 22.5 Å². The van der Waals surface area contributed by atoms with Crippen molar-refractivity contribution in [2.75, 3.05) is 20.2 Å². The monoisotopic (exact) mass is 417 g/mol. The van der Waals surface area contributed by atoms with Crippen LogP contribution in [0.5, 0.6) is 5.75 Å². The fraction of sp³-hybridized carbons (Fsp3) is 0.320. The first-order valence-corrected chi connectivity index (χ1v) is 10.6. The summed E-state index contributed by atoms with van der Waals surface area (Å²) in [5, 5.41) is 0. The summed E-state index contributed by atoms with van der Waals surface area (Å²) in [6.07, 6.45) is 4.50. The van der Waals surface area contributed by atoms with Gasteiger partial charge in [0.2, 0.25) is 5.91 Å². The summed E-state index contributed by atoms with van der Waals surface area (Å²) in [6, 6.07) is 19.3. The highest BCUT2D eigenvalue weighted by molar-refractivity contribution is 5.76. The van der Waals surface area contributed by atoms with Gasteiger partial charge >= 0.3 is 0 Å². The highest BCUT2D eigenvalue weighted by Crippen LogP contribution is 2.22. The minimum atomic E-state index is -0.229. The number of benzene rings is 2. The number of carbonyl (C=O) groups is 1. The molecule has 1 amide bonds. The van der Waals surface area contributed by atoms with Crippen molar-refractivity contribution in [1.82, 2.24) is 14.5 Å². The summed E-state index contributed by atoms with van der Waals surface area (Å²) in [7, 11) is 1.61. The molecule has 31 heavy (non-hydrogen) atoms. The lowest BCUT2D eigenvalue weighted by Crippen LogP contribution is -2.41. The topological polar surface area (TPSA) is 64.4 Å². The van der Waals surface area contributed by atoms with Crippen LogP contribution < -0.4 is 10.3 Å². The maximum absolute atomic E-state index is 12.7. The minimum absolute atomic E-state index is 0.0259. The molecule has 3 aromatic rings. The SMILES string of the molecule is COc1ccc(-c2cc(=O)n(CC(=O)N3CCC(Cc4ccccc4)CC3)cn2)cc1. The summed E-state index contributed by atoms with van der Waals surface area (Å²) < 4.78 is 6.54. The van der Waals surface area contributed by atoms with Crippen LogP contribution in [0.3, 0.4) is 0 Å². The van der Waals surface area contributed by atoms with E-state index in [1.807, 2.05) is 35.2 Å². The average Bonchev–Trinajstić information content (AvgIpc) is 2.81. The fourth-order valence-corrected chi connectivity index (χ4v) is 4.04. The van der Waals surface area contributed by atoms with Crippen molar-refractivity contribution >= 4 is 5.91 Å². The van der Waals surface area contributed by atoms with Crippen molar-refractivity contribution in [3.05, 3.63) is 82.9 Å². The van der Waals surface area contributed by atoms with E-state index in [0.717, 1.165) is 43.7 Å². The first kappa shape index (κ1) is 20.8. The number of hydrogen-bond donors (Lipinski definition) is 0. The number of piperidine rings is 1. The predicted molar refractivity (Wildman–Crippen MR) is 120 cm³/mol. The van der Waals surface area contributed by atoms with E-state index >= 15 is 0 Å². The highest BCUT2D eigenvalue weighted by Gasteiger charge is 2.23. The van der Waals surface area contributed by atoms with Gasteiger partial charge < -0.3 is 9.64 Å². The van der Waals surface area contributed by atoms with Crippen LogP contribution in [0.4, 0.5) is 0 Å². The molecule has 0 unspecified atom stereocenters.